The zero-order valence-electron chi connectivity index (χ0n) is 12.4. The minimum absolute atomic E-state index is 0.0744. The maximum absolute atomic E-state index is 11.9. The van der Waals surface area contributed by atoms with Crippen LogP contribution in [0.25, 0.3) is 0 Å². The molecule has 0 atom stereocenters. The molecule has 21 heavy (non-hydrogen) atoms. The SMILES string of the molecule is CC(C)C/C(=N\NC(=O)Cc1cccs1)c1ccccc1. The normalized spacial score (nSPS) is 11.7. The number of carbonyl (C=O) groups excluding carboxylic acids is 1. The lowest BCUT2D eigenvalue weighted by Gasteiger charge is -2.09. The van der Waals surface area contributed by atoms with Gasteiger partial charge in [0.25, 0.3) is 0 Å². The number of hydrazone groups is 1. The van der Waals surface area contributed by atoms with Crippen molar-refractivity contribution in [2.24, 2.45) is 11.0 Å². The van der Waals surface area contributed by atoms with E-state index in [4.69, 9.17) is 0 Å². The Morgan fingerprint density at radius 2 is 1.95 bits per heavy atom. The molecule has 2 aromatic rings. The smallest absolute Gasteiger partial charge is 0.245 e. The summed E-state index contributed by atoms with van der Waals surface area (Å²) in [5.41, 5.74) is 4.66. The molecule has 110 valence electrons. The summed E-state index contributed by atoms with van der Waals surface area (Å²) in [5.74, 6) is 0.410. The van der Waals surface area contributed by atoms with Crippen LogP contribution in [-0.2, 0) is 11.2 Å². The highest BCUT2D eigenvalue weighted by molar-refractivity contribution is 7.10. The van der Waals surface area contributed by atoms with Gasteiger partial charge in [0.1, 0.15) is 0 Å². The third-order valence-corrected chi connectivity index (χ3v) is 3.82. The van der Waals surface area contributed by atoms with E-state index in [1.807, 2.05) is 47.8 Å². The number of carbonyl (C=O) groups is 1. The van der Waals surface area contributed by atoms with Gasteiger partial charge in [-0.1, -0.05) is 50.2 Å². The van der Waals surface area contributed by atoms with Crippen LogP contribution in [0.3, 0.4) is 0 Å². The lowest BCUT2D eigenvalue weighted by molar-refractivity contribution is -0.120. The van der Waals surface area contributed by atoms with E-state index in [-0.39, 0.29) is 5.91 Å². The monoisotopic (exact) mass is 300 g/mol. The predicted molar refractivity (Wildman–Crippen MR) is 88.6 cm³/mol. The standard InChI is InChI=1S/C17H20N2OS/c1-13(2)11-16(14-7-4-3-5-8-14)18-19-17(20)12-15-9-6-10-21-15/h3-10,13H,11-12H2,1-2H3,(H,19,20)/b18-16+. The Balaban J connectivity index is 2.04. The first-order valence-corrected chi connectivity index (χ1v) is 7.96. The van der Waals surface area contributed by atoms with E-state index in [9.17, 15) is 4.79 Å². The van der Waals surface area contributed by atoms with Crippen LogP contribution in [0.1, 0.15) is 30.7 Å². The summed E-state index contributed by atoms with van der Waals surface area (Å²) in [6, 6.07) is 13.9. The molecule has 1 aromatic carbocycles. The highest BCUT2D eigenvalue weighted by Gasteiger charge is 2.08. The van der Waals surface area contributed by atoms with Gasteiger partial charge in [-0.05, 0) is 29.3 Å². The summed E-state index contributed by atoms with van der Waals surface area (Å²) < 4.78 is 0. The van der Waals surface area contributed by atoms with E-state index in [0.29, 0.717) is 12.3 Å². The number of thiophene rings is 1. The van der Waals surface area contributed by atoms with Gasteiger partial charge in [0.2, 0.25) is 5.91 Å². The van der Waals surface area contributed by atoms with E-state index in [0.717, 1.165) is 22.6 Å². The number of rotatable bonds is 6. The highest BCUT2D eigenvalue weighted by Crippen LogP contribution is 2.11. The topological polar surface area (TPSA) is 41.5 Å². The Morgan fingerprint density at radius 1 is 1.19 bits per heavy atom. The van der Waals surface area contributed by atoms with Crippen molar-refractivity contribution in [3.63, 3.8) is 0 Å². The Kier molecular flexibility index (Phi) is 5.69. The molecule has 1 N–H and O–H groups in total. The maximum atomic E-state index is 11.9. The molecule has 0 spiro atoms. The lowest BCUT2D eigenvalue weighted by Crippen LogP contribution is -2.22. The Labute approximate surface area is 129 Å². The molecule has 1 heterocycles. The van der Waals surface area contributed by atoms with Crippen molar-refractivity contribution in [1.82, 2.24) is 5.43 Å². The first-order valence-electron chi connectivity index (χ1n) is 7.08. The molecular weight excluding hydrogens is 280 g/mol. The average Bonchev–Trinajstić information content (AvgIpc) is 2.97. The number of hydrogen-bond acceptors (Lipinski definition) is 3. The third-order valence-electron chi connectivity index (χ3n) is 2.94. The molecule has 0 saturated carbocycles. The number of nitrogens with zero attached hydrogens (tertiary/aromatic N) is 1. The minimum Gasteiger partial charge on any atom is -0.273 e. The molecule has 1 amide bonds. The first-order chi connectivity index (χ1) is 10.1. The van der Waals surface area contributed by atoms with Gasteiger partial charge >= 0.3 is 0 Å². The maximum Gasteiger partial charge on any atom is 0.245 e. The van der Waals surface area contributed by atoms with Gasteiger partial charge in [-0.25, -0.2) is 5.43 Å². The van der Waals surface area contributed by atoms with Crippen molar-refractivity contribution >= 4 is 23.0 Å². The zero-order chi connectivity index (χ0) is 15.1. The van der Waals surface area contributed by atoms with Crippen LogP contribution in [0.2, 0.25) is 0 Å². The fourth-order valence-corrected chi connectivity index (χ4v) is 2.69. The van der Waals surface area contributed by atoms with E-state index >= 15 is 0 Å². The molecule has 0 aliphatic carbocycles. The van der Waals surface area contributed by atoms with Crippen molar-refractivity contribution in [3.05, 3.63) is 58.3 Å². The quantitative estimate of drug-likeness (QED) is 0.639. The summed E-state index contributed by atoms with van der Waals surface area (Å²) in [7, 11) is 0. The van der Waals surface area contributed by atoms with E-state index in [1.54, 1.807) is 11.3 Å². The molecule has 0 unspecified atom stereocenters. The summed E-state index contributed by atoms with van der Waals surface area (Å²) in [4.78, 5) is 13.0. The van der Waals surface area contributed by atoms with Crippen LogP contribution >= 0.6 is 11.3 Å². The van der Waals surface area contributed by atoms with Crippen molar-refractivity contribution in [2.45, 2.75) is 26.7 Å². The molecule has 3 nitrogen and oxygen atoms in total. The Hall–Kier alpha value is -1.94. The molecule has 0 bridgehead atoms. The van der Waals surface area contributed by atoms with Gasteiger partial charge in [-0.3, -0.25) is 4.79 Å². The minimum atomic E-state index is -0.0744. The number of nitrogens with one attached hydrogen (secondary N) is 1. The molecule has 2 rings (SSSR count). The molecule has 1 aromatic heterocycles. The molecule has 0 fully saturated rings. The second kappa shape index (κ2) is 7.74. The Morgan fingerprint density at radius 3 is 2.57 bits per heavy atom. The highest BCUT2D eigenvalue weighted by atomic mass is 32.1. The van der Waals surface area contributed by atoms with Crippen molar-refractivity contribution in [1.29, 1.82) is 0 Å². The predicted octanol–water partition coefficient (Wildman–Crippen LogP) is 3.86. The molecule has 0 aliphatic rings. The summed E-state index contributed by atoms with van der Waals surface area (Å²) in [6.07, 6.45) is 1.22. The van der Waals surface area contributed by atoms with Crippen molar-refractivity contribution in [2.75, 3.05) is 0 Å². The molecule has 0 aliphatic heterocycles. The van der Waals surface area contributed by atoms with Gasteiger partial charge < -0.3 is 0 Å². The van der Waals surface area contributed by atoms with Gasteiger partial charge in [-0.2, -0.15) is 5.10 Å². The van der Waals surface area contributed by atoms with E-state index < -0.39 is 0 Å². The van der Waals surface area contributed by atoms with E-state index in [2.05, 4.69) is 24.4 Å². The van der Waals surface area contributed by atoms with Crippen LogP contribution in [-0.4, -0.2) is 11.6 Å². The second-order valence-corrected chi connectivity index (χ2v) is 6.35. The zero-order valence-corrected chi connectivity index (χ0v) is 13.2. The first kappa shape index (κ1) is 15.4. The third kappa shape index (κ3) is 5.16. The van der Waals surface area contributed by atoms with Gasteiger partial charge in [0.15, 0.2) is 0 Å². The molecule has 0 saturated heterocycles. The van der Waals surface area contributed by atoms with Gasteiger partial charge in [-0.15, -0.1) is 11.3 Å². The van der Waals surface area contributed by atoms with Gasteiger partial charge in [0.05, 0.1) is 12.1 Å². The largest absolute Gasteiger partial charge is 0.273 e. The molecule has 0 radical (unpaired) electrons. The van der Waals surface area contributed by atoms with Crippen LogP contribution < -0.4 is 5.43 Å². The summed E-state index contributed by atoms with van der Waals surface area (Å²) in [5, 5.41) is 6.31. The van der Waals surface area contributed by atoms with Crippen molar-refractivity contribution in [3.8, 4) is 0 Å². The van der Waals surface area contributed by atoms with Crippen LogP contribution in [0.15, 0.2) is 52.9 Å². The fraction of sp³-hybridized carbons (Fsp3) is 0.294. The van der Waals surface area contributed by atoms with Crippen LogP contribution in [0.5, 0.6) is 0 Å². The van der Waals surface area contributed by atoms with Crippen LogP contribution in [0, 0.1) is 5.92 Å². The number of amides is 1. The Bertz CT molecular complexity index is 589. The molecule has 4 heteroatoms. The number of hydrogen-bond donors (Lipinski definition) is 1. The van der Waals surface area contributed by atoms with Crippen molar-refractivity contribution < 1.29 is 4.79 Å². The van der Waals surface area contributed by atoms with E-state index in [1.165, 1.54) is 0 Å². The fourth-order valence-electron chi connectivity index (χ4n) is 1.99. The van der Waals surface area contributed by atoms with Gasteiger partial charge in [0, 0.05) is 4.88 Å². The average molecular weight is 300 g/mol. The summed E-state index contributed by atoms with van der Waals surface area (Å²) >= 11 is 1.58. The number of benzene rings is 1. The lowest BCUT2D eigenvalue weighted by atomic mass is 10.0. The molecular formula is C17H20N2OS. The van der Waals surface area contributed by atoms with Crippen LogP contribution in [0.4, 0.5) is 0 Å². The second-order valence-electron chi connectivity index (χ2n) is 5.31. The summed E-state index contributed by atoms with van der Waals surface area (Å²) in [6.45, 7) is 4.29.